The van der Waals surface area contributed by atoms with Gasteiger partial charge in [-0.2, -0.15) is 0 Å². The molecule has 0 unspecified atom stereocenters. The zero-order valence-corrected chi connectivity index (χ0v) is 50.8. The number of likely N-dealkylation sites (tertiary alicyclic amines) is 1. The summed E-state index contributed by atoms with van der Waals surface area (Å²) in [5, 5.41) is 31.3. The van der Waals surface area contributed by atoms with Crippen molar-refractivity contribution in [2.24, 2.45) is 40.5 Å². The maximum absolute atomic E-state index is 14.9. The van der Waals surface area contributed by atoms with Gasteiger partial charge in [0.2, 0.25) is 65.0 Å². The summed E-state index contributed by atoms with van der Waals surface area (Å²) in [4.78, 5) is 165. The lowest BCUT2D eigenvalue weighted by Gasteiger charge is -2.31. The average molecular weight is 1240 g/mol. The van der Waals surface area contributed by atoms with Gasteiger partial charge in [0.15, 0.2) is 0 Å². The number of carbonyl (C=O) groups excluding carboxylic acids is 12. The molecule has 11 amide bonds. The SMILES string of the molecule is CC(C)C[C@H](NC(=O)[C@H](/C=C/CN)NC(=O)[C@@H](NC(=O)[C@H](Cc1ccc(O)cc1)NC(=O)[C@H](CCC(N)=O)NC(=O)[C@@H](N)CC(N)=O)C(C)C)C(=O)N[C@H](Cc1ccccc1)C(=O)N1CCC[C@@H]1C(=O)N[C@@H](Cc1ccccc1)C(=O)N[C@H](C=O)CCCN. The third kappa shape index (κ3) is 24.5. The highest BCUT2D eigenvalue weighted by Gasteiger charge is 2.41. The molecule has 3 aromatic rings. The van der Waals surface area contributed by atoms with Crippen molar-refractivity contribution in [3.8, 4) is 5.75 Å². The van der Waals surface area contributed by atoms with E-state index in [1.54, 1.807) is 88.4 Å². The molecule has 0 saturated carbocycles. The van der Waals surface area contributed by atoms with Gasteiger partial charge >= 0.3 is 0 Å². The summed E-state index contributed by atoms with van der Waals surface area (Å²) >= 11 is 0. The predicted molar refractivity (Wildman–Crippen MR) is 329 cm³/mol. The van der Waals surface area contributed by atoms with Crippen LogP contribution in [0.1, 0.15) is 95.8 Å². The molecule has 1 saturated heterocycles. The van der Waals surface area contributed by atoms with Crippen molar-refractivity contribution in [2.45, 2.75) is 159 Å². The summed E-state index contributed by atoms with van der Waals surface area (Å²) in [5.41, 5.74) is 29.7. The van der Waals surface area contributed by atoms with Gasteiger partial charge in [-0.3, -0.25) is 52.7 Å². The van der Waals surface area contributed by atoms with Crippen LogP contribution in [0.25, 0.3) is 0 Å². The first kappa shape index (κ1) is 72.4. The van der Waals surface area contributed by atoms with E-state index in [1.807, 2.05) is 0 Å². The standard InChI is InChI=1S/C62H88N14O13/c1-36(2)30-46(58(85)74-49(33-39-16-9-6-10-17-39)62(89)76-29-13-20-50(76)60(87)73-47(31-38-14-7-5-8-15-38)57(84)68-41(35-77)18-11-27-63)71-55(82)44(19-12-28-64)70-61(88)53(37(3)4)75-59(86)48(32-40-21-23-42(78)24-22-40)72-56(83)45(25-26-51(66)79)69-54(81)43(65)34-52(67)80/h5-10,12,14-17,19,21-24,35-37,41,43-50,53,78H,11,13,18,20,25-34,63-65H2,1-4H3,(H2,66,79)(H2,67,80)(H,68,84)(H,69,81)(H,70,88)(H,71,82)(H,72,83)(H,73,87)(H,74,85)(H,75,86)/b19-12+/t41-,43-,44-,45-,46-,47-,48-,49+,50+,53-/m0/s1. The molecule has 1 aliphatic heterocycles. The van der Waals surface area contributed by atoms with Crippen molar-refractivity contribution in [2.75, 3.05) is 19.6 Å². The Morgan fingerprint density at radius 3 is 1.67 bits per heavy atom. The lowest BCUT2D eigenvalue weighted by atomic mass is 9.99. The van der Waals surface area contributed by atoms with Gasteiger partial charge in [0.25, 0.3) is 0 Å². The Hall–Kier alpha value is -9.08. The number of hydrogen-bond donors (Lipinski definition) is 14. The van der Waals surface area contributed by atoms with Crippen LogP contribution in [0.3, 0.4) is 0 Å². The largest absolute Gasteiger partial charge is 0.508 e. The molecule has 484 valence electrons. The number of phenols is 1. The first-order chi connectivity index (χ1) is 42.3. The van der Waals surface area contributed by atoms with E-state index in [-0.39, 0.29) is 69.7 Å². The molecule has 1 aliphatic rings. The average Bonchev–Trinajstić information content (AvgIpc) is 4.28. The van der Waals surface area contributed by atoms with Gasteiger partial charge in [0, 0.05) is 38.8 Å². The first-order valence-corrected chi connectivity index (χ1v) is 29.8. The monoisotopic (exact) mass is 1240 g/mol. The maximum atomic E-state index is 14.9. The number of rotatable bonds is 37. The predicted octanol–water partition coefficient (Wildman–Crippen LogP) is -2.09. The summed E-state index contributed by atoms with van der Waals surface area (Å²) in [6, 6.07) is 10.3. The van der Waals surface area contributed by atoms with Crippen molar-refractivity contribution in [3.63, 3.8) is 0 Å². The fraction of sp³-hybridized carbons (Fsp3) is 0.484. The second-order valence-electron chi connectivity index (χ2n) is 22.7. The molecule has 1 fully saturated rings. The van der Waals surface area contributed by atoms with Gasteiger partial charge in [-0.25, -0.2) is 0 Å². The Morgan fingerprint density at radius 2 is 1.12 bits per heavy atom. The van der Waals surface area contributed by atoms with Crippen LogP contribution < -0.4 is 71.2 Å². The van der Waals surface area contributed by atoms with Crippen LogP contribution in [0.2, 0.25) is 0 Å². The van der Waals surface area contributed by atoms with E-state index < -0.39 is 144 Å². The third-order valence-electron chi connectivity index (χ3n) is 14.6. The molecule has 27 nitrogen and oxygen atoms in total. The molecular weight excluding hydrogens is 1150 g/mol. The van der Waals surface area contributed by atoms with Crippen LogP contribution in [0.4, 0.5) is 0 Å². The van der Waals surface area contributed by atoms with E-state index in [4.69, 9.17) is 28.7 Å². The van der Waals surface area contributed by atoms with Gasteiger partial charge in [-0.15, -0.1) is 0 Å². The van der Waals surface area contributed by atoms with E-state index in [9.17, 15) is 62.6 Å². The van der Waals surface area contributed by atoms with Gasteiger partial charge in [0.05, 0.1) is 18.5 Å². The molecular formula is C62H88N14O13. The van der Waals surface area contributed by atoms with Crippen LogP contribution in [0.15, 0.2) is 97.1 Å². The second-order valence-corrected chi connectivity index (χ2v) is 22.7. The number of amides is 11. The molecule has 0 radical (unpaired) electrons. The number of carbonyl (C=O) groups is 12. The molecule has 3 aromatic carbocycles. The lowest BCUT2D eigenvalue weighted by molar-refractivity contribution is -0.142. The van der Waals surface area contributed by atoms with E-state index in [0.29, 0.717) is 36.8 Å². The van der Waals surface area contributed by atoms with Crippen molar-refractivity contribution in [1.82, 2.24) is 47.4 Å². The van der Waals surface area contributed by atoms with Crippen LogP contribution >= 0.6 is 0 Å². The number of aromatic hydroxyl groups is 1. The maximum Gasteiger partial charge on any atom is 0.247 e. The van der Waals surface area contributed by atoms with Gasteiger partial charge in [0.1, 0.15) is 60.4 Å². The van der Waals surface area contributed by atoms with Gasteiger partial charge in [-0.1, -0.05) is 113 Å². The fourth-order valence-electron chi connectivity index (χ4n) is 9.85. The number of benzene rings is 3. The molecule has 0 aliphatic carbocycles. The summed E-state index contributed by atoms with van der Waals surface area (Å²) in [7, 11) is 0. The number of phenolic OH excluding ortho intramolecular Hbond substituents is 1. The number of nitrogens with zero attached hydrogens (tertiary/aromatic N) is 1. The summed E-state index contributed by atoms with van der Waals surface area (Å²) in [5.74, 6) is -10.0. The number of primary amides is 2. The molecule has 4 rings (SSSR count). The first-order valence-electron chi connectivity index (χ1n) is 29.8. The van der Waals surface area contributed by atoms with Crippen molar-refractivity contribution in [3.05, 3.63) is 114 Å². The topological polar surface area (TPSA) is 455 Å². The Kier molecular flexibility index (Phi) is 30.0. The van der Waals surface area contributed by atoms with E-state index in [1.165, 1.54) is 41.3 Å². The zero-order valence-electron chi connectivity index (χ0n) is 50.8. The summed E-state index contributed by atoms with van der Waals surface area (Å²) in [6.45, 7) is 7.13. The molecule has 1 heterocycles. The Balaban J connectivity index is 1.60. The van der Waals surface area contributed by atoms with E-state index in [2.05, 4.69) is 42.5 Å². The number of nitrogens with two attached hydrogens (primary N) is 5. The van der Waals surface area contributed by atoms with Crippen LogP contribution in [0, 0.1) is 11.8 Å². The third-order valence-corrected chi connectivity index (χ3v) is 14.6. The number of nitrogens with one attached hydrogen (secondary N) is 8. The molecule has 0 aromatic heterocycles. The van der Waals surface area contributed by atoms with Crippen LogP contribution in [0.5, 0.6) is 5.75 Å². The fourth-order valence-corrected chi connectivity index (χ4v) is 9.85. The highest BCUT2D eigenvalue weighted by molar-refractivity contribution is 5.99. The highest BCUT2D eigenvalue weighted by atomic mass is 16.3. The summed E-state index contributed by atoms with van der Waals surface area (Å²) in [6.07, 6.45) is 3.17. The molecule has 27 heteroatoms. The number of hydrogen-bond acceptors (Lipinski definition) is 16. The lowest BCUT2D eigenvalue weighted by Crippen LogP contribution is -2.61. The minimum atomic E-state index is -1.52. The van der Waals surface area contributed by atoms with Gasteiger partial charge in [-0.05, 0) is 85.7 Å². The highest BCUT2D eigenvalue weighted by Crippen LogP contribution is 2.22. The van der Waals surface area contributed by atoms with Crippen LogP contribution in [-0.4, -0.2) is 161 Å². The van der Waals surface area contributed by atoms with Crippen molar-refractivity contribution in [1.29, 1.82) is 0 Å². The smallest absolute Gasteiger partial charge is 0.247 e. The van der Waals surface area contributed by atoms with E-state index >= 15 is 0 Å². The minimum Gasteiger partial charge on any atom is -0.508 e. The zero-order chi connectivity index (χ0) is 65.7. The van der Waals surface area contributed by atoms with Crippen LogP contribution in [-0.2, 0) is 76.8 Å². The molecule has 0 spiro atoms. The quantitative estimate of drug-likeness (QED) is 0.0217. The molecule has 10 atom stereocenters. The molecule has 89 heavy (non-hydrogen) atoms. The van der Waals surface area contributed by atoms with Gasteiger partial charge < -0.3 is 86.0 Å². The van der Waals surface area contributed by atoms with E-state index in [0.717, 1.165) is 5.56 Å². The second kappa shape index (κ2) is 36.9. The molecule has 0 bridgehead atoms. The normalized spacial score (nSPS) is 16.0. The Morgan fingerprint density at radius 1 is 0.596 bits per heavy atom. The number of aldehydes is 1. The van der Waals surface area contributed by atoms with Crippen molar-refractivity contribution < 1.29 is 62.6 Å². The minimum absolute atomic E-state index is 0.0349. The van der Waals surface area contributed by atoms with Crippen molar-refractivity contribution >= 4 is 71.3 Å². The summed E-state index contributed by atoms with van der Waals surface area (Å²) < 4.78 is 0. The molecule has 19 N–H and O–H groups in total. The Labute approximate surface area is 517 Å². The Bertz CT molecular complexity index is 2910.